The van der Waals surface area contributed by atoms with Gasteiger partial charge in [0.25, 0.3) is 0 Å². The first kappa shape index (κ1) is 25.8. The van der Waals surface area contributed by atoms with Gasteiger partial charge in [0.1, 0.15) is 11.2 Å². The van der Waals surface area contributed by atoms with Gasteiger partial charge in [-0.1, -0.05) is 21.6 Å². The maximum atomic E-state index is 12.0. The Morgan fingerprint density at radius 1 is 0.781 bits per heavy atom. The largest absolute Gasteiger partial charge is 0.444 e. The molecule has 2 aromatic heterocycles. The van der Waals surface area contributed by atoms with Gasteiger partial charge in [0.2, 0.25) is 0 Å². The summed E-state index contributed by atoms with van der Waals surface area (Å²) in [7, 11) is 3.00. The third-order valence-electron chi connectivity index (χ3n) is 3.52. The molecule has 174 valence electrons. The number of carbonyl (C=O) groups excluding carboxylic acids is 2. The second-order valence-corrected chi connectivity index (χ2v) is 11.0. The van der Waals surface area contributed by atoms with E-state index in [0.717, 1.165) is 21.2 Å². The van der Waals surface area contributed by atoms with E-state index in [0.29, 0.717) is 0 Å². The Morgan fingerprint density at radius 3 is 1.50 bits per heavy atom. The third kappa shape index (κ3) is 9.78. The standard InChI is InChI=1S/C22H30N4O4S2/c1-21(2,3)29-19(27)25-13-15-17(9-7-11-23-15)31-32-18-10-8-12-24-16(18)14-26-20(28)30-22(4,5)6/h7-12H,13-14H2,1-6H3,(H,25,27)(H,26,28). The Kier molecular flexibility index (Phi) is 9.21. The fourth-order valence-electron chi connectivity index (χ4n) is 2.29. The topological polar surface area (TPSA) is 102 Å². The van der Waals surface area contributed by atoms with Crippen LogP contribution in [-0.4, -0.2) is 33.4 Å². The quantitative estimate of drug-likeness (QED) is 0.515. The highest BCUT2D eigenvalue weighted by Gasteiger charge is 2.18. The fraction of sp³-hybridized carbons (Fsp3) is 0.455. The number of amides is 2. The molecule has 2 aromatic rings. The number of nitrogens with zero attached hydrogens (tertiary/aromatic N) is 2. The average molecular weight is 479 g/mol. The van der Waals surface area contributed by atoms with Crippen LogP contribution in [0.15, 0.2) is 46.5 Å². The van der Waals surface area contributed by atoms with E-state index in [4.69, 9.17) is 9.47 Å². The molecule has 32 heavy (non-hydrogen) atoms. The molecule has 0 radical (unpaired) electrons. The summed E-state index contributed by atoms with van der Waals surface area (Å²) in [5.41, 5.74) is 0.332. The first-order valence-electron chi connectivity index (χ1n) is 10.1. The molecule has 10 heteroatoms. The Labute approximate surface area is 197 Å². The summed E-state index contributed by atoms with van der Waals surface area (Å²) in [4.78, 5) is 34.5. The van der Waals surface area contributed by atoms with Gasteiger partial charge in [0, 0.05) is 22.2 Å². The van der Waals surface area contributed by atoms with Gasteiger partial charge >= 0.3 is 12.2 Å². The third-order valence-corrected chi connectivity index (χ3v) is 6.03. The minimum atomic E-state index is -0.564. The molecule has 0 aliphatic carbocycles. The minimum Gasteiger partial charge on any atom is -0.444 e. The van der Waals surface area contributed by atoms with Crippen LogP contribution in [0.5, 0.6) is 0 Å². The summed E-state index contributed by atoms with van der Waals surface area (Å²) < 4.78 is 10.6. The summed E-state index contributed by atoms with van der Waals surface area (Å²) in [6.07, 6.45) is 2.38. The number of aromatic nitrogens is 2. The summed E-state index contributed by atoms with van der Waals surface area (Å²) in [5.74, 6) is 0. The van der Waals surface area contributed by atoms with Crippen LogP contribution in [0.25, 0.3) is 0 Å². The van der Waals surface area contributed by atoms with Crippen LogP contribution in [0, 0.1) is 0 Å². The highest BCUT2D eigenvalue weighted by molar-refractivity contribution is 8.76. The van der Waals surface area contributed by atoms with Crippen molar-refractivity contribution in [2.75, 3.05) is 0 Å². The Bertz CT molecular complexity index is 851. The van der Waals surface area contributed by atoms with E-state index < -0.39 is 23.4 Å². The molecule has 0 fully saturated rings. The number of ether oxygens (including phenoxy) is 2. The van der Waals surface area contributed by atoms with Crippen molar-refractivity contribution in [2.24, 2.45) is 0 Å². The van der Waals surface area contributed by atoms with Gasteiger partial charge in [-0.2, -0.15) is 0 Å². The minimum absolute atomic E-state index is 0.249. The number of hydrogen-bond acceptors (Lipinski definition) is 8. The summed E-state index contributed by atoms with van der Waals surface area (Å²) in [5, 5.41) is 5.47. The van der Waals surface area contributed by atoms with Crippen molar-refractivity contribution in [1.29, 1.82) is 0 Å². The molecular formula is C22H30N4O4S2. The van der Waals surface area contributed by atoms with Crippen LogP contribution < -0.4 is 10.6 Å². The van der Waals surface area contributed by atoms with E-state index in [-0.39, 0.29) is 13.1 Å². The maximum Gasteiger partial charge on any atom is 0.407 e. The molecule has 0 saturated carbocycles. The highest BCUT2D eigenvalue weighted by Crippen LogP contribution is 2.39. The lowest BCUT2D eigenvalue weighted by atomic mass is 10.2. The number of alkyl carbamates (subject to hydrolysis) is 2. The molecule has 0 saturated heterocycles. The summed E-state index contributed by atoms with van der Waals surface area (Å²) >= 11 is 0. The van der Waals surface area contributed by atoms with Crippen molar-refractivity contribution in [2.45, 2.75) is 75.6 Å². The van der Waals surface area contributed by atoms with Crippen molar-refractivity contribution < 1.29 is 19.1 Å². The first-order chi connectivity index (χ1) is 14.9. The van der Waals surface area contributed by atoms with E-state index in [1.54, 1.807) is 12.4 Å². The Morgan fingerprint density at radius 2 is 1.16 bits per heavy atom. The smallest absolute Gasteiger partial charge is 0.407 e. The summed E-state index contributed by atoms with van der Waals surface area (Å²) in [6.45, 7) is 11.4. The average Bonchev–Trinajstić information content (AvgIpc) is 2.68. The van der Waals surface area contributed by atoms with Crippen LogP contribution in [0.3, 0.4) is 0 Å². The van der Waals surface area contributed by atoms with Crippen LogP contribution in [0.2, 0.25) is 0 Å². The SMILES string of the molecule is CC(C)(C)OC(=O)NCc1ncccc1SSc1cccnc1CNC(=O)OC(C)(C)C. The lowest BCUT2D eigenvalue weighted by molar-refractivity contribution is 0.0511. The summed E-state index contributed by atoms with van der Waals surface area (Å²) in [6, 6.07) is 7.56. The second kappa shape index (κ2) is 11.4. The molecule has 2 heterocycles. The number of hydrogen-bond donors (Lipinski definition) is 2. The van der Waals surface area contributed by atoms with Gasteiger partial charge in [-0.05, 0) is 65.8 Å². The molecule has 0 bridgehead atoms. The van der Waals surface area contributed by atoms with Crippen LogP contribution in [-0.2, 0) is 22.6 Å². The number of pyridine rings is 2. The van der Waals surface area contributed by atoms with Gasteiger partial charge in [-0.15, -0.1) is 0 Å². The molecule has 2 N–H and O–H groups in total. The first-order valence-corrected chi connectivity index (χ1v) is 12.2. The molecule has 0 unspecified atom stereocenters. The van der Waals surface area contributed by atoms with Gasteiger partial charge in [-0.3, -0.25) is 9.97 Å². The zero-order valence-corrected chi connectivity index (χ0v) is 20.9. The predicted octanol–water partition coefficient (Wildman–Crippen LogP) is 5.33. The van der Waals surface area contributed by atoms with Crippen molar-refractivity contribution in [3.63, 3.8) is 0 Å². The van der Waals surface area contributed by atoms with E-state index in [2.05, 4.69) is 20.6 Å². The van der Waals surface area contributed by atoms with E-state index in [1.807, 2.05) is 65.8 Å². The lowest BCUT2D eigenvalue weighted by Crippen LogP contribution is -2.32. The predicted molar refractivity (Wildman–Crippen MR) is 126 cm³/mol. The number of rotatable bonds is 7. The van der Waals surface area contributed by atoms with Gasteiger partial charge < -0.3 is 20.1 Å². The molecule has 2 rings (SSSR count). The van der Waals surface area contributed by atoms with E-state index in [1.165, 1.54) is 21.6 Å². The monoisotopic (exact) mass is 478 g/mol. The Hall–Kier alpha value is -2.46. The van der Waals surface area contributed by atoms with Gasteiger partial charge in [0.05, 0.1) is 24.5 Å². The molecule has 0 aliphatic heterocycles. The van der Waals surface area contributed by atoms with Gasteiger partial charge in [-0.25, -0.2) is 9.59 Å². The molecule has 2 amide bonds. The van der Waals surface area contributed by atoms with Crippen LogP contribution in [0.1, 0.15) is 52.9 Å². The fourth-order valence-corrected chi connectivity index (χ4v) is 4.63. The normalized spacial score (nSPS) is 11.6. The zero-order valence-electron chi connectivity index (χ0n) is 19.2. The zero-order chi connectivity index (χ0) is 23.8. The molecule has 0 aliphatic rings. The number of nitrogens with one attached hydrogen (secondary N) is 2. The van der Waals surface area contributed by atoms with E-state index >= 15 is 0 Å². The molecule has 0 aromatic carbocycles. The molecule has 8 nitrogen and oxygen atoms in total. The molecule has 0 atom stereocenters. The molecular weight excluding hydrogens is 448 g/mol. The van der Waals surface area contributed by atoms with E-state index in [9.17, 15) is 9.59 Å². The van der Waals surface area contributed by atoms with Crippen molar-refractivity contribution in [3.05, 3.63) is 48.0 Å². The van der Waals surface area contributed by atoms with Crippen molar-refractivity contribution in [1.82, 2.24) is 20.6 Å². The number of carbonyl (C=O) groups is 2. The lowest BCUT2D eigenvalue weighted by Gasteiger charge is -2.20. The van der Waals surface area contributed by atoms with Gasteiger partial charge in [0.15, 0.2) is 0 Å². The second-order valence-electron chi connectivity index (χ2n) is 8.77. The Balaban J connectivity index is 1.98. The highest BCUT2D eigenvalue weighted by atomic mass is 33.1. The molecule has 0 spiro atoms. The van der Waals surface area contributed by atoms with Crippen LogP contribution >= 0.6 is 21.6 Å². The maximum absolute atomic E-state index is 12.0. The van der Waals surface area contributed by atoms with Crippen molar-refractivity contribution in [3.8, 4) is 0 Å². The van der Waals surface area contributed by atoms with Crippen molar-refractivity contribution >= 4 is 33.8 Å². The van der Waals surface area contributed by atoms with Crippen LogP contribution in [0.4, 0.5) is 9.59 Å².